The van der Waals surface area contributed by atoms with Crippen molar-refractivity contribution < 1.29 is 14.0 Å². The lowest BCUT2D eigenvalue weighted by molar-refractivity contribution is -0.138. The number of nitrogens with one attached hydrogen (secondary N) is 2. The first-order valence-corrected chi connectivity index (χ1v) is 7.72. The molecule has 1 aromatic rings. The van der Waals surface area contributed by atoms with E-state index in [9.17, 15) is 14.0 Å². The van der Waals surface area contributed by atoms with Gasteiger partial charge in [-0.3, -0.25) is 9.59 Å². The van der Waals surface area contributed by atoms with Gasteiger partial charge >= 0.3 is 0 Å². The monoisotopic (exact) mass is 343 g/mol. The molecule has 0 bridgehead atoms. The Balaban J connectivity index is 2.61. The number of rotatable bonds is 7. The minimum atomic E-state index is -1.25. The normalized spacial score (nSPS) is 11.4. The van der Waals surface area contributed by atoms with E-state index < -0.39 is 17.1 Å². The minimum Gasteiger partial charge on any atom is -0.355 e. The predicted molar refractivity (Wildman–Crippen MR) is 90.0 cm³/mol. The molecule has 0 spiro atoms. The highest BCUT2D eigenvalue weighted by Gasteiger charge is 2.35. The smallest absolute Gasteiger partial charge is 0.239 e. The number of anilines is 1. The van der Waals surface area contributed by atoms with E-state index in [1.54, 1.807) is 0 Å². The molecule has 0 saturated heterocycles. The number of halogens is 2. The van der Waals surface area contributed by atoms with Crippen molar-refractivity contribution in [1.82, 2.24) is 10.2 Å². The molecule has 0 saturated carbocycles. The van der Waals surface area contributed by atoms with Crippen molar-refractivity contribution in [3.63, 3.8) is 0 Å². The molecule has 0 aromatic heterocycles. The summed E-state index contributed by atoms with van der Waals surface area (Å²) >= 11 is 5.67. The third kappa shape index (κ3) is 5.80. The number of carbonyl (C=O) groups excluding carboxylic acids is 2. The Hall–Kier alpha value is -1.66. The number of nitrogens with zero attached hydrogens (tertiary/aromatic N) is 1. The second kappa shape index (κ2) is 8.26. The Morgan fingerprint density at radius 1 is 1.26 bits per heavy atom. The first-order chi connectivity index (χ1) is 10.6. The highest BCUT2D eigenvalue weighted by molar-refractivity contribution is 6.31. The van der Waals surface area contributed by atoms with Crippen LogP contribution in [0, 0.1) is 11.2 Å². The van der Waals surface area contributed by atoms with E-state index >= 15 is 0 Å². The summed E-state index contributed by atoms with van der Waals surface area (Å²) in [5, 5.41) is 5.24. The van der Waals surface area contributed by atoms with Gasteiger partial charge in [0.2, 0.25) is 11.8 Å². The van der Waals surface area contributed by atoms with Gasteiger partial charge in [0.15, 0.2) is 0 Å². The van der Waals surface area contributed by atoms with Crippen LogP contribution in [0.1, 0.15) is 20.3 Å². The summed E-state index contributed by atoms with van der Waals surface area (Å²) in [6.45, 7) is 4.42. The summed E-state index contributed by atoms with van der Waals surface area (Å²) in [7, 11) is 3.90. The first kappa shape index (κ1) is 19.4. The largest absolute Gasteiger partial charge is 0.355 e. The average molecular weight is 344 g/mol. The lowest BCUT2D eigenvalue weighted by Crippen LogP contribution is -2.45. The Bertz CT molecular complexity index is 576. The van der Waals surface area contributed by atoms with E-state index in [2.05, 4.69) is 10.6 Å². The minimum absolute atomic E-state index is 0.0891. The van der Waals surface area contributed by atoms with Crippen molar-refractivity contribution in [3.8, 4) is 0 Å². The molecular formula is C16H23ClFN3O2. The molecule has 2 amide bonds. The maximum Gasteiger partial charge on any atom is 0.239 e. The van der Waals surface area contributed by atoms with Crippen LogP contribution in [-0.2, 0) is 9.59 Å². The molecule has 0 radical (unpaired) electrons. The van der Waals surface area contributed by atoms with Crippen molar-refractivity contribution in [2.24, 2.45) is 5.41 Å². The van der Waals surface area contributed by atoms with Gasteiger partial charge < -0.3 is 15.5 Å². The highest BCUT2D eigenvalue weighted by atomic mass is 35.5. The highest BCUT2D eigenvalue weighted by Crippen LogP contribution is 2.22. The summed E-state index contributed by atoms with van der Waals surface area (Å²) < 4.78 is 13.1. The second-order valence-corrected chi connectivity index (χ2v) is 6.53. The summed E-state index contributed by atoms with van der Waals surface area (Å²) in [6, 6.07) is 3.86. The van der Waals surface area contributed by atoms with Crippen molar-refractivity contribution in [3.05, 3.63) is 29.0 Å². The van der Waals surface area contributed by atoms with Gasteiger partial charge in [-0.2, -0.15) is 0 Å². The fourth-order valence-electron chi connectivity index (χ4n) is 1.78. The number of hydrogen-bond acceptors (Lipinski definition) is 3. The van der Waals surface area contributed by atoms with Crippen LogP contribution < -0.4 is 10.6 Å². The molecule has 0 aliphatic heterocycles. The lowest BCUT2D eigenvalue weighted by atomic mass is 9.91. The van der Waals surface area contributed by atoms with Gasteiger partial charge in [-0.15, -0.1) is 0 Å². The van der Waals surface area contributed by atoms with E-state index in [-0.39, 0.29) is 10.9 Å². The van der Waals surface area contributed by atoms with Crippen LogP contribution in [-0.4, -0.2) is 43.9 Å². The Morgan fingerprint density at radius 3 is 2.48 bits per heavy atom. The van der Waals surface area contributed by atoms with Gasteiger partial charge in [0.1, 0.15) is 11.2 Å². The Kier molecular flexibility index (Phi) is 6.97. The van der Waals surface area contributed by atoms with Crippen LogP contribution in [0.4, 0.5) is 10.1 Å². The number of amides is 2. The molecule has 23 heavy (non-hydrogen) atoms. The molecule has 128 valence electrons. The summed E-state index contributed by atoms with van der Waals surface area (Å²) in [6.07, 6.45) is 0.796. The zero-order chi connectivity index (χ0) is 17.6. The maximum absolute atomic E-state index is 13.1. The average Bonchev–Trinajstić information content (AvgIpc) is 2.46. The van der Waals surface area contributed by atoms with Gasteiger partial charge in [-0.25, -0.2) is 4.39 Å². The zero-order valence-corrected chi connectivity index (χ0v) is 14.6. The van der Waals surface area contributed by atoms with E-state index in [1.165, 1.54) is 26.0 Å². The number of hydrogen-bond donors (Lipinski definition) is 2. The first-order valence-electron chi connectivity index (χ1n) is 7.34. The molecule has 0 aliphatic rings. The van der Waals surface area contributed by atoms with Gasteiger partial charge in [0.05, 0.1) is 5.02 Å². The molecule has 0 fully saturated rings. The van der Waals surface area contributed by atoms with Crippen LogP contribution in [0.15, 0.2) is 18.2 Å². The van der Waals surface area contributed by atoms with E-state index in [1.807, 2.05) is 19.0 Å². The second-order valence-electron chi connectivity index (χ2n) is 6.12. The summed E-state index contributed by atoms with van der Waals surface area (Å²) in [5.74, 6) is -1.41. The molecule has 1 aromatic carbocycles. The summed E-state index contributed by atoms with van der Waals surface area (Å²) in [5.41, 5.74) is -0.909. The van der Waals surface area contributed by atoms with Crippen molar-refractivity contribution in [1.29, 1.82) is 0 Å². The zero-order valence-electron chi connectivity index (χ0n) is 13.9. The maximum atomic E-state index is 13.1. The van der Waals surface area contributed by atoms with E-state index in [0.29, 0.717) is 12.2 Å². The quantitative estimate of drug-likeness (QED) is 0.590. The van der Waals surface area contributed by atoms with Gasteiger partial charge in [0.25, 0.3) is 0 Å². The van der Waals surface area contributed by atoms with Gasteiger partial charge in [-0.1, -0.05) is 11.6 Å². The molecular weight excluding hydrogens is 321 g/mol. The fraction of sp³-hybridized carbons (Fsp3) is 0.500. The molecule has 0 aliphatic carbocycles. The molecule has 0 atom stereocenters. The third-order valence-electron chi connectivity index (χ3n) is 3.38. The Morgan fingerprint density at radius 2 is 1.91 bits per heavy atom. The molecule has 2 N–H and O–H groups in total. The van der Waals surface area contributed by atoms with Crippen LogP contribution in [0.3, 0.4) is 0 Å². The third-order valence-corrected chi connectivity index (χ3v) is 3.67. The molecule has 0 heterocycles. The fourth-order valence-corrected chi connectivity index (χ4v) is 1.96. The van der Waals surface area contributed by atoms with E-state index in [4.69, 9.17) is 11.6 Å². The molecule has 0 unspecified atom stereocenters. The van der Waals surface area contributed by atoms with E-state index in [0.717, 1.165) is 19.0 Å². The molecule has 5 nitrogen and oxygen atoms in total. The summed E-state index contributed by atoms with van der Waals surface area (Å²) in [4.78, 5) is 26.5. The van der Waals surface area contributed by atoms with Gasteiger partial charge in [0, 0.05) is 12.2 Å². The molecule has 1 rings (SSSR count). The predicted octanol–water partition coefficient (Wildman–Crippen LogP) is 2.51. The van der Waals surface area contributed by atoms with Crippen LogP contribution in [0.5, 0.6) is 0 Å². The number of carbonyl (C=O) groups is 2. The topological polar surface area (TPSA) is 61.4 Å². The van der Waals surface area contributed by atoms with Crippen LogP contribution >= 0.6 is 11.6 Å². The lowest BCUT2D eigenvalue weighted by Gasteiger charge is -2.23. The van der Waals surface area contributed by atoms with Crippen molar-refractivity contribution in [2.45, 2.75) is 20.3 Å². The number of benzene rings is 1. The standard InChI is InChI=1S/C16H23ClFN3O2/c1-16(2,14(22)19-8-5-9-21(3)4)15(23)20-11-6-7-13(18)12(17)10-11/h6-7,10H,5,8-9H2,1-4H3,(H,19,22)(H,20,23). The molecule has 7 heteroatoms. The van der Waals surface area contributed by atoms with Crippen LogP contribution in [0.25, 0.3) is 0 Å². The SMILES string of the molecule is CN(C)CCCNC(=O)C(C)(C)C(=O)Nc1ccc(F)c(Cl)c1. The van der Waals surface area contributed by atoms with Gasteiger partial charge in [-0.05, 0) is 59.1 Å². The Labute approximate surface area is 141 Å². The van der Waals surface area contributed by atoms with Crippen LogP contribution in [0.2, 0.25) is 5.02 Å². The van der Waals surface area contributed by atoms with Crippen molar-refractivity contribution in [2.75, 3.05) is 32.5 Å². The van der Waals surface area contributed by atoms with Crippen molar-refractivity contribution >= 4 is 29.1 Å².